The first kappa shape index (κ1) is 11.6. The van der Waals surface area contributed by atoms with Crippen molar-refractivity contribution in [3.8, 4) is 6.19 Å². The van der Waals surface area contributed by atoms with Crippen LogP contribution in [0.15, 0.2) is 15.6 Å². The average Bonchev–Trinajstić information content (AvgIpc) is 2.64. The van der Waals surface area contributed by atoms with Gasteiger partial charge in [-0.15, -0.1) is 0 Å². The van der Waals surface area contributed by atoms with Crippen molar-refractivity contribution in [2.24, 2.45) is 4.99 Å². The largest absolute Gasteiger partial charge is 0.444 e. The molecule has 1 aromatic heterocycles. The van der Waals surface area contributed by atoms with Crippen LogP contribution in [0.3, 0.4) is 0 Å². The van der Waals surface area contributed by atoms with E-state index in [4.69, 9.17) is 9.68 Å². The summed E-state index contributed by atoms with van der Waals surface area (Å²) in [6.45, 7) is 3.69. The molecule has 0 aliphatic heterocycles. The van der Waals surface area contributed by atoms with Crippen LogP contribution in [-0.4, -0.2) is 16.4 Å². The van der Waals surface area contributed by atoms with Crippen molar-refractivity contribution < 1.29 is 4.42 Å². The summed E-state index contributed by atoms with van der Waals surface area (Å²) in [7, 11) is 0. The number of aliphatic imine (C=N–C) groups is 1. The highest BCUT2D eigenvalue weighted by atomic mass is 32.2. The molecule has 6 heteroatoms. The predicted octanol–water partition coefficient (Wildman–Crippen LogP) is 1.83. The van der Waals surface area contributed by atoms with Gasteiger partial charge in [0.1, 0.15) is 11.8 Å². The van der Waals surface area contributed by atoms with Crippen LogP contribution in [0.2, 0.25) is 0 Å². The Kier molecular flexibility index (Phi) is 4.18. The Morgan fingerprint density at radius 3 is 3.00 bits per heavy atom. The highest BCUT2D eigenvalue weighted by Gasteiger charge is 2.10. The van der Waals surface area contributed by atoms with Crippen molar-refractivity contribution in [2.45, 2.75) is 19.9 Å². The SMILES string of the molecule is CSC(=NC(C)c1ncc(C)o1)NC#N. The number of amidine groups is 1. The van der Waals surface area contributed by atoms with Gasteiger partial charge in [-0.05, 0) is 20.1 Å². The minimum Gasteiger partial charge on any atom is -0.444 e. The Morgan fingerprint density at radius 1 is 1.80 bits per heavy atom. The lowest BCUT2D eigenvalue weighted by Gasteiger charge is -2.03. The molecule has 1 aromatic rings. The number of nitrogens with zero attached hydrogens (tertiary/aromatic N) is 3. The molecule has 0 amide bonds. The van der Waals surface area contributed by atoms with Crippen molar-refractivity contribution in [3.05, 3.63) is 17.8 Å². The maximum atomic E-state index is 8.46. The van der Waals surface area contributed by atoms with Gasteiger partial charge in [-0.25, -0.2) is 9.98 Å². The van der Waals surface area contributed by atoms with Crippen molar-refractivity contribution in [3.63, 3.8) is 0 Å². The smallest absolute Gasteiger partial charge is 0.218 e. The summed E-state index contributed by atoms with van der Waals surface area (Å²) >= 11 is 1.37. The standard InChI is InChI=1S/C9H12N4OS/c1-6-4-11-8(14-6)7(2)13-9(15-3)12-5-10/h4,7H,1-3H3,(H,12,13). The van der Waals surface area contributed by atoms with E-state index in [0.717, 1.165) is 5.76 Å². The van der Waals surface area contributed by atoms with Crippen molar-refractivity contribution in [1.82, 2.24) is 10.3 Å². The first-order valence-corrected chi connectivity index (χ1v) is 5.59. The molecule has 5 nitrogen and oxygen atoms in total. The second-order valence-corrected chi connectivity index (χ2v) is 3.66. The van der Waals surface area contributed by atoms with Crippen LogP contribution in [0, 0.1) is 18.4 Å². The maximum Gasteiger partial charge on any atom is 0.218 e. The van der Waals surface area contributed by atoms with E-state index in [1.165, 1.54) is 11.8 Å². The Labute approximate surface area is 92.6 Å². The summed E-state index contributed by atoms with van der Waals surface area (Å²) in [4.78, 5) is 8.33. The van der Waals surface area contributed by atoms with Crippen LogP contribution >= 0.6 is 11.8 Å². The molecule has 0 saturated carbocycles. The van der Waals surface area contributed by atoms with E-state index in [2.05, 4.69) is 15.3 Å². The molecule has 1 unspecified atom stereocenters. The van der Waals surface area contributed by atoms with Crippen molar-refractivity contribution >= 4 is 16.9 Å². The van der Waals surface area contributed by atoms with E-state index in [0.29, 0.717) is 11.1 Å². The van der Waals surface area contributed by atoms with Crippen LogP contribution in [0.1, 0.15) is 24.6 Å². The zero-order valence-corrected chi connectivity index (χ0v) is 9.63. The van der Waals surface area contributed by atoms with Gasteiger partial charge in [0.2, 0.25) is 5.89 Å². The summed E-state index contributed by atoms with van der Waals surface area (Å²) in [6.07, 6.45) is 5.32. The Hall–Kier alpha value is -1.48. The van der Waals surface area contributed by atoms with Gasteiger partial charge in [-0.3, -0.25) is 5.32 Å². The second kappa shape index (κ2) is 5.41. The highest BCUT2D eigenvalue weighted by molar-refractivity contribution is 8.13. The number of aromatic nitrogens is 1. The minimum atomic E-state index is -0.193. The quantitative estimate of drug-likeness (QED) is 0.359. The molecule has 0 saturated heterocycles. The highest BCUT2D eigenvalue weighted by Crippen LogP contribution is 2.17. The fourth-order valence-electron chi connectivity index (χ4n) is 0.980. The lowest BCUT2D eigenvalue weighted by Crippen LogP contribution is -2.14. The first-order chi connectivity index (χ1) is 7.17. The number of thioether (sulfide) groups is 1. The van der Waals surface area contributed by atoms with Gasteiger partial charge in [0.15, 0.2) is 11.4 Å². The van der Waals surface area contributed by atoms with E-state index in [1.807, 2.05) is 26.3 Å². The van der Waals surface area contributed by atoms with Crippen LogP contribution in [0.4, 0.5) is 0 Å². The van der Waals surface area contributed by atoms with Gasteiger partial charge < -0.3 is 4.42 Å². The van der Waals surface area contributed by atoms with Crippen LogP contribution in [0.25, 0.3) is 0 Å². The lowest BCUT2D eigenvalue weighted by atomic mass is 10.4. The fraction of sp³-hybridized carbons (Fsp3) is 0.444. The molecule has 1 N–H and O–H groups in total. The summed E-state index contributed by atoms with van der Waals surface area (Å²) in [5.74, 6) is 1.31. The number of hydrogen-bond donors (Lipinski definition) is 1. The molecular formula is C9H12N4OS. The van der Waals surface area contributed by atoms with E-state index in [9.17, 15) is 0 Å². The average molecular weight is 224 g/mol. The normalized spacial score (nSPS) is 13.3. The number of hydrogen-bond acceptors (Lipinski definition) is 5. The van der Waals surface area contributed by atoms with Gasteiger partial charge in [0.05, 0.1) is 6.20 Å². The molecule has 0 aromatic carbocycles. The molecule has 1 atom stereocenters. The molecule has 0 bridgehead atoms. The third kappa shape index (κ3) is 3.29. The van der Waals surface area contributed by atoms with Gasteiger partial charge in [0.25, 0.3) is 0 Å². The third-order valence-electron chi connectivity index (χ3n) is 1.66. The summed E-state index contributed by atoms with van der Waals surface area (Å²) in [5.41, 5.74) is 0. The summed E-state index contributed by atoms with van der Waals surface area (Å²) in [5, 5.41) is 11.5. The van der Waals surface area contributed by atoms with E-state index >= 15 is 0 Å². The number of nitrogens with one attached hydrogen (secondary N) is 1. The molecule has 0 radical (unpaired) electrons. The number of aryl methyl sites for hydroxylation is 1. The van der Waals surface area contributed by atoms with Crippen LogP contribution in [0.5, 0.6) is 0 Å². The molecule has 0 aliphatic rings. The zero-order valence-electron chi connectivity index (χ0n) is 8.81. The topological polar surface area (TPSA) is 74.2 Å². The summed E-state index contributed by atoms with van der Waals surface area (Å²) in [6, 6.07) is -0.193. The molecule has 80 valence electrons. The molecule has 1 rings (SSSR count). The fourth-order valence-corrected chi connectivity index (χ4v) is 1.39. The molecule has 15 heavy (non-hydrogen) atoms. The van der Waals surface area contributed by atoms with Crippen molar-refractivity contribution in [1.29, 1.82) is 5.26 Å². The van der Waals surface area contributed by atoms with E-state index < -0.39 is 0 Å². The van der Waals surface area contributed by atoms with Crippen LogP contribution in [-0.2, 0) is 0 Å². The van der Waals surface area contributed by atoms with E-state index in [-0.39, 0.29) is 6.04 Å². The zero-order chi connectivity index (χ0) is 11.3. The number of rotatable bonds is 2. The maximum absolute atomic E-state index is 8.46. The Balaban J connectivity index is 2.77. The van der Waals surface area contributed by atoms with Gasteiger partial charge >= 0.3 is 0 Å². The molecule has 0 aliphatic carbocycles. The minimum absolute atomic E-state index is 0.193. The second-order valence-electron chi connectivity index (χ2n) is 2.86. The number of nitriles is 1. The molecule has 1 heterocycles. The molecule has 0 spiro atoms. The third-order valence-corrected chi connectivity index (χ3v) is 2.26. The number of oxazole rings is 1. The monoisotopic (exact) mass is 224 g/mol. The van der Waals surface area contributed by atoms with Gasteiger partial charge in [-0.2, -0.15) is 5.26 Å². The van der Waals surface area contributed by atoms with Crippen molar-refractivity contribution in [2.75, 3.05) is 6.26 Å². The summed E-state index contributed by atoms with van der Waals surface area (Å²) < 4.78 is 5.33. The van der Waals surface area contributed by atoms with E-state index in [1.54, 1.807) is 6.20 Å². The Bertz CT molecular complexity index is 393. The van der Waals surface area contributed by atoms with Gasteiger partial charge in [0, 0.05) is 0 Å². The lowest BCUT2D eigenvalue weighted by molar-refractivity contribution is 0.445. The first-order valence-electron chi connectivity index (χ1n) is 4.36. The van der Waals surface area contributed by atoms with Gasteiger partial charge in [-0.1, -0.05) is 11.8 Å². The molecule has 0 fully saturated rings. The molecular weight excluding hydrogens is 212 g/mol. The predicted molar refractivity (Wildman–Crippen MR) is 59.4 cm³/mol. The van der Waals surface area contributed by atoms with Crippen LogP contribution < -0.4 is 5.32 Å². The Morgan fingerprint density at radius 2 is 2.53 bits per heavy atom.